The van der Waals surface area contributed by atoms with E-state index in [1.54, 1.807) is 12.1 Å². The molecule has 1 saturated carbocycles. The number of benzene rings is 3. The molecule has 4 heteroatoms. The Labute approximate surface area is 217 Å². The van der Waals surface area contributed by atoms with Gasteiger partial charge in [-0.05, 0) is 84.3 Å². The molecule has 1 aliphatic rings. The summed E-state index contributed by atoms with van der Waals surface area (Å²) in [5.41, 5.74) is 5.24. The molecule has 0 bridgehead atoms. The molecule has 5 rings (SSSR count). The number of carbonyl (C=O) groups is 2. The number of carbonyl (C=O) groups excluding carboxylic acids is 2. The van der Waals surface area contributed by atoms with E-state index in [9.17, 15) is 14.0 Å². The van der Waals surface area contributed by atoms with Crippen molar-refractivity contribution >= 4 is 22.5 Å². The van der Waals surface area contributed by atoms with Gasteiger partial charge in [0, 0.05) is 35.8 Å². The van der Waals surface area contributed by atoms with Crippen LogP contribution in [0.25, 0.3) is 33.4 Å². The SMILES string of the molecule is C.C#CCC1(CC(=O)c2ccc(C)c(-c3ccc4oc(-c5ccc(F)cc5)c(C(=O)CC)c4c3)c2)CC1. The first kappa shape index (κ1) is 26.1. The Morgan fingerprint density at radius 1 is 1.00 bits per heavy atom. The van der Waals surface area contributed by atoms with Crippen molar-refractivity contribution in [2.45, 2.75) is 53.4 Å². The minimum atomic E-state index is -0.350. The summed E-state index contributed by atoms with van der Waals surface area (Å²) in [6.07, 6.45) is 8.94. The molecule has 0 radical (unpaired) electrons. The van der Waals surface area contributed by atoms with Gasteiger partial charge in [-0.25, -0.2) is 4.39 Å². The van der Waals surface area contributed by atoms with Crippen LogP contribution in [0.1, 0.15) is 72.7 Å². The van der Waals surface area contributed by atoms with E-state index in [4.69, 9.17) is 10.8 Å². The second-order valence-electron chi connectivity index (χ2n) is 9.81. The molecular weight excluding hydrogens is 463 g/mol. The molecule has 1 aromatic heterocycles. The van der Waals surface area contributed by atoms with Crippen molar-refractivity contribution < 1.29 is 18.4 Å². The number of terminal acetylenes is 1. The third-order valence-corrected chi connectivity index (χ3v) is 7.23. The van der Waals surface area contributed by atoms with Crippen LogP contribution in [-0.2, 0) is 0 Å². The highest BCUT2D eigenvalue weighted by atomic mass is 19.1. The highest BCUT2D eigenvalue weighted by molar-refractivity contribution is 6.12. The summed E-state index contributed by atoms with van der Waals surface area (Å²) in [5.74, 6) is 2.87. The van der Waals surface area contributed by atoms with Crippen molar-refractivity contribution in [1.82, 2.24) is 0 Å². The third-order valence-electron chi connectivity index (χ3n) is 7.23. The maximum absolute atomic E-state index is 13.5. The van der Waals surface area contributed by atoms with Crippen LogP contribution in [0.5, 0.6) is 0 Å². The zero-order chi connectivity index (χ0) is 25.4. The van der Waals surface area contributed by atoms with Gasteiger partial charge in [-0.2, -0.15) is 0 Å². The fourth-order valence-electron chi connectivity index (χ4n) is 4.88. The average molecular weight is 495 g/mol. The molecule has 188 valence electrons. The largest absolute Gasteiger partial charge is 0.455 e. The van der Waals surface area contributed by atoms with E-state index < -0.39 is 0 Å². The summed E-state index contributed by atoms with van der Waals surface area (Å²) >= 11 is 0. The smallest absolute Gasteiger partial charge is 0.167 e. The molecule has 0 atom stereocenters. The molecule has 1 aliphatic carbocycles. The maximum Gasteiger partial charge on any atom is 0.167 e. The Morgan fingerprint density at radius 2 is 1.70 bits per heavy atom. The number of halogens is 1. The van der Waals surface area contributed by atoms with E-state index in [-0.39, 0.29) is 30.2 Å². The molecule has 0 N–H and O–H groups in total. The van der Waals surface area contributed by atoms with Crippen LogP contribution in [0.2, 0.25) is 0 Å². The summed E-state index contributed by atoms with van der Waals surface area (Å²) in [6, 6.07) is 17.5. The van der Waals surface area contributed by atoms with Crippen molar-refractivity contribution in [1.29, 1.82) is 0 Å². The molecule has 37 heavy (non-hydrogen) atoms. The number of fused-ring (bicyclic) bond motifs is 1. The zero-order valence-electron chi connectivity index (χ0n) is 20.5. The van der Waals surface area contributed by atoms with E-state index in [0.717, 1.165) is 29.5 Å². The lowest BCUT2D eigenvalue weighted by atomic mass is 9.90. The number of hydrogen-bond donors (Lipinski definition) is 0. The summed E-state index contributed by atoms with van der Waals surface area (Å²) in [5, 5.41) is 0.709. The molecule has 3 aromatic carbocycles. The first-order valence-electron chi connectivity index (χ1n) is 12.3. The normalized spacial score (nSPS) is 13.6. The minimum Gasteiger partial charge on any atom is -0.455 e. The van der Waals surface area contributed by atoms with Crippen LogP contribution in [0.4, 0.5) is 4.39 Å². The lowest BCUT2D eigenvalue weighted by Gasteiger charge is -2.13. The minimum absolute atomic E-state index is 0. The molecular formula is C33H31FO3. The second kappa shape index (κ2) is 10.2. The van der Waals surface area contributed by atoms with Crippen LogP contribution in [0.15, 0.2) is 65.1 Å². The molecule has 0 aliphatic heterocycles. The average Bonchev–Trinajstić information content (AvgIpc) is 3.52. The molecule has 0 saturated heterocycles. The quantitative estimate of drug-likeness (QED) is 0.182. The number of aryl methyl sites for hydroxylation is 1. The number of Topliss-reactive ketones (excluding diaryl/α,β-unsaturated/α-hetero) is 2. The highest BCUT2D eigenvalue weighted by Crippen LogP contribution is 2.52. The third kappa shape index (κ3) is 5.00. The van der Waals surface area contributed by atoms with E-state index in [1.165, 1.54) is 12.1 Å². The Balaban J connectivity index is 0.00000320. The molecule has 4 aromatic rings. The first-order valence-corrected chi connectivity index (χ1v) is 12.3. The predicted octanol–water partition coefficient (Wildman–Crippen LogP) is 8.82. The van der Waals surface area contributed by atoms with Gasteiger partial charge < -0.3 is 4.42 Å². The summed E-state index contributed by atoms with van der Waals surface area (Å²) < 4.78 is 19.6. The number of furan rings is 1. The lowest BCUT2D eigenvalue weighted by Crippen LogP contribution is -2.09. The summed E-state index contributed by atoms with van der Waals surface area (Å²) in [7, 11) is 0. The van der Waals surface area contributed by atoms with Crippen molar-refractivity contribution in [2.24, 2.45) is 5.41 Å². The van der Waals surface area contributed by atoms with Gasteiger partial charge in [-0.15, -0.1) is 12.3 Å². The number of hydrogen-bond acceptors (Lipinski definition) is 3. The van der Waals surface area contributed by atoms with Gasteiger partial charge in [0.05, 0.1) is 5.56 Å². The van der Waals surface area contributed by atoms with Crippen molar-refractivity contribution in [2.75, 3.05) is 0 Å². The Hall–Kier alpha value is -3.97. The predicted molar refractivity (Wildman–Crippen MR) is 147 cm³/mol. The van der Waals surface area contributed by atoms with Gasteiger partial charge in [0.1, 0.15) is 17.2 Å². The zero-order valence-corrected chi connectivity index (χ0v) is 20.5. The van der Waals surface area contributed by atoms with Gasteiger partial charge in [-0.3, -0.25) is 9.59 Å². The van der Waals surface area contributed by atoms with Crippen molar-refractivity contribution in [3.63, 3.8) is 0 Å². The fraction of sp³-hybridized carbons (Fsp3) is 0.273. The number of rotatable bonds is 8. The van der Waals surface area contributed by atoms with Crippen LogP contribution >= 0.6 is 0 Å². The molecule has 0 unspecified atom stereocenters. The Bertz CT molecular complexity index is 1530. The van der Waals surface area contributed by atoms with Gasteiger partial charge >= 0.3 is 0 Å². The standard InChI is InChI=1S/C32H27FO3.CH4/c1-4-14-32(15-16-32)19-28(35)23-7-6-20(3)25(18-23)22-10-13-29-26(17-22)30(27(34)5-2)31(36-29)21-8-11-24(33)12-9-21;/h1,6-13,17-18H,5,14-16,19H2,2-3H3;1H4. The monoisotopic (exact) mass is 494 g/mol. The summed E-state index contributed by atoms with van der Waals surface area (Å²) in [4.78, 5) is 26.1. The lowest BCUT2D eigenvalue weighted by molar-refractivity contribution is 0.0954. The maximum atomic E-state index is 13.5. The van der Waals surface area contributed by atoms with Crippen LogP contribution in [0, 0.1) is 30.5 Å². The molecule has 0 spiro atoms. The summed E-state index contributed by atoms with van der Waals surface area (Å²) in [6.45, 7) is 3.82. The van der Waals surface area contributed by atoms with Gasteiger partial charge in [0.25, 0.3) is 0 Å². The molecule has 0 amide bonds. The fourth-order valence-corrected chi connectivity index (χ4v) is 4.88. The van der Waals surface area contributed by atoms with E-state index in [1.807, 2.05) is 50.2 Å². The molecule has 1 fully saturated rings. The van der Waals surface area contributed by atoms with Gasteiger partial charge in [-0.1, -0.05) is 32.5 Å². The van der Waals surface area contributed by atoms with Gasteiger partial charge in [0.15, 0.2) is 11.6 Å². The second-order valence-corrected chi connectivity index (χ2v) is 9.81. The topological polar surface area (TPSA) is 47.3 Å². The van der Waals surface area contributed by atoms with Crippen LogP contribution in [0.3, 0.4) is 0 Å². The Morgan fingerprint density at radius 3 is 2.35 bits per heavy atom. The van der Waals surface area contributed by atoms with Crippen LogP contribution < -0.4 is 0 Å². The highest BCUT2D eigenvalue weighted by Gasteiger charge is 2.43. The van der Waals surface area contributed by atoms with Crippen molar-refractivity contribution in [3.8, 4) is 34.8 Å². The van der Waals surface area contributed by atoms with E-state index in [2.05, 4.69) is 5.92 Å². The molecule has 1 heterocycles. The van der Waals surface area contributed by atoms with Crippen LogP contribution in [-0.4, -0.2) is 11.6 Å². The van der Waals surface area contributed by atoms with Crippen molar-refractivity contribution in [3.05, 3.63) is 83.2 Å². The van der Waals surface area contributed by atoms with E-state index in [0.29, 0.717) is 52.7 Å². The molecule has 3 nitrogen and oxygen atoms in total. The van der Waals surface area contributed by atoms with E-state index >= 15 is 0 Å². The van der Waals surface area contributed by atoms with Gasteiger partial charge in [0.2, 0.25) is 0 Å². The Kier molecular flexibility index (Phi) is 7.18. The first-order chi connectivity index (χ1) is 17.3. The number of ketones is 2.